The molecule has 0 radical (unpaired) electrons. The molecular weight excluding hydrogens is 242 g/mol. The van der Waals surface area contributed by atoms with E-state index >= 15 is 0 Å². The molecule has 0 aromatic carbocycles. The number of carbonyl (C=O) groups is 2. The number of rotatable bonds is 6. The van der Waals surface area contributed by atoms with Crippen LogP contribution < -0.4 is 11.1 Å². The first-order chi connectivity index (χ1) is 8.95. The third-order valence-electron chi connectivity index (χ3n) is 3.86. The maximum atomic E-state index is 12.6. The van der Waals surface area contributed by atoms with E-state index < -0.39 is 5.41 Å². The number of amides is 2. The fourth-order valence-corrected chi connectivity index (χ4v) is 2.76. The zero-order valence-corrected chi connectivity index (χ0v) is 12.4. The first kappa shape index (κ1) is 16.0. The van der Waals surface area contributed by atoms with Crippen molar-refractivity contribution >= 4 is 11.8 Å². The molecule has 1 aliphatic carbocycles. The van der Waals surface area contributed by atoms with Gasteiger partial charge in [-0.3, -0.25) is 9.59 Å². The lowest BCUT2D eigenvalue weighted by Gasteiger charge is -2.32. The quantitative estimate of drug-likeness (QED) is 0.751. The summed E-state index contributed by atoms with van der Waals surface area (Å²) < 4.78 is 0. The highest BCUT2D eigenvalue weighted by molar-refractivity contribution is 5.88. The molecule has 0 saturated heterocycles. The Hall–Kier alpha value is -1.10. The molecule has 1 rings (SSSR count). The minimum Gasteiger partial charge on any atom is -0.352 e. The van der Waals surface area contributed by atoms with Crippen LogP contribution in [0.1, 0.15) is 46.5 Å². The third kappa shape index (κ3) is 3.93. The lowest BCUT2D eigenvalue weighted by Crippen LogP contribution is -2.50. The van der Waals surface area contributed by atoms with Crippen molar-refractivity contribution in [2.45, 2.75) is 52.5 Å². The third-order valence-corrected chi connectivity index (χ3v) is 3.86. The van der Waals surface area contributed by atoms with Crippen LogP contribution in [0.25, 0.3) is 0 Å². The number of hydrogen-bond acceptors (Lipinski definition) is 3. The first-order valence-electron chi connectivity index (χ1n) is 7.24. The SMILES string of the molecule is CCN(CC(=O)NC(C)C)C(=O)C1(CN)CCCC1. The number of nitrogens with two attached hydrogens (primary N) is 1. The van der Waals surface area contributed by atoms with Gasteiger partial charge in [0.05, 0.1) is 12.0 Å². The molecule has 5 nitrogen and oxygen atoms in total. The number of likely N-dealkylation sites (N-methyl/N-ethyl adjacent to an activating group) is 1. The minimum atomic E-state index is -0.422. The lowest BCUT2D eigenvalue weighted by molar-refractivity contribution is -0.144. The van der Waals surface area contributed by atoms with Crippen molar-refractivity contribution in [1.29, 1.82) is 0 Å². The molecule has 0 aromatic heterocycles. The Balaban J connectivity index is 2.68. The van der Waals surface area contributed by atoms with Crippen molar-refractivity contribution in [2.75, 3.05) is 19.6 Å². The summed E-state index contributed by atoms with van der Waals surface area (Å²) in [6.45, 7) is 6.79. The summed E-state index contributed by atoms with van der Waals surface area (Å²) in [5.74, 6) is -0.0516. The molecule has 3 N–H and O–H groups in total. The van der Waals surface area contributed by atoms with Crippen LogP contribution in [0.4, 0.5) is 0 Å². The van der Waals surface area contributed by atoms with E-state index in [1.165, 1.54) is 0 Å². The summed E-state index contributed by atoms with van der Waals surface area (Å²) >= 11 is 0. The van der Waals surface area contributed by atoms with Gasteiger partial charge in [-0.25, -0.2) is 0 Å². The number of nitrogens with one attached hydrogen (secondary N) is 1. The van der Waals surface area contributed by atoms with Crippen molar-refractivity contribution in [1.82, 2.24) is 10.2 Å². The highest BCUT2D eigenvalue weighted by Gasteiger charge is 2.42. The molecule has 110 valence electrons. The van der Waals surface area contributed by atoms with Gasteiger partial charge in [0.1, 0.15) is 0 Å². The zero-order valence-electron chi connectivity index (χ0n) is 12.4. The van der Waals surface area contributed by atoms with Gasteiger partial charge in [0, 0.05) is 19.1 Å². The van der Waals surface area contributed by atoms with Gasteiger partial charge >= 0.3 is 0 Å². The predicted octanol–water partition coefficient (Wildman–Crippen LogP) is 0.879. The standard InChI is InChI=1S/C14H27N3O2/c1-4-17(9-12(18)16-11(2)3)13(19)14(10-15)7-5-6-8-14/h11H,4-10,15H2,1-3H3,(H,16,18). The van der Waals surface area contributed by atoms with Crippen LogP contribution in [0.5, 0.6) is 0 Å². The molecule has 1 saturated carbocycles. The van der Waals surface area contributed by atoms with Crippen molar-refractivity contribution in [2.24, 2.45) is 11.1 Å². The maximum absolute atomic E-state index is 12.6. The van der Waals surface area contributed by atoms with Crippen LogP contribution >= 0.6 is 0 Å². The van der Waals surface area contributed by atoms with Gasteiger partial charge in [-0.2, -0.15) is 0 Å². The molecule has 5 heteroatoms. The van der Waals surface area contributed by atoms with E-state index in [0.29, 0.717) is 13.1 Å². The van der Waals surface area contributed by atoms with Crippen LogP contribution in [0, 0.1) is 5.41 Å². The smallest absolute Gasteiger partial charge is 0.239 e. The predicted molar refractivity (Wildman–Crippen MR) is 75.5 cm³/mol. The van der Waals surface area contributed by atoms with Crippen LogP contribution in [0.15, 0.2) is 0 Å². The minimum absolute atomic E-state index is 0.0499. The second-order valence-electron chi connectivity index (χ2n) is 5.73. The molecule has 0 aromatic rings. The van der Waals surface area contributed by atoms with Gasteiger partial charge in [0.15, 0.2) is 0 Å². The highest BCUT2D eigenvalue weighted by Crippen LogP contribution is 2.38. The number of carbonyl (C=O) groups excluding carboxylic acids is 2. The fraction of sp³-hybridized carbons (Fsp3) is 0.857. The van der Waals surface area contributed by atoms with E-state index in [2.05, 4.69) is 5.32 Å². The van der Waals surface area contributed by atoms with Crippen molar-refractivity contribution in [3.8, 4) is 0 Å². The van der Waals surface area contributed by atoms with E-state index in [1.807, 2.05) is 20.8 Å². The van der Waals surface area contributed by atoms with Gasteiger partial charge < -0.3 is 16.0 Å². The molecule has 0 spiro atoms. The van der Waals surface area contributed by atoms with E-state index in [4.69, 9.17) is 5.73 Å². The molecule has 0 unspecified atom stereocenters. The van der Waals surface area contributed by atoms with E-state index in [-0.39, 0.29) is 24.4 Å². The summed E-state index contributed by atoms with van der Waals surface area (Å²) in [5, 5.41) is 2.82. The van der Waals surface area contributed by atoms with Crippen LogP contribution in [0.2, 0.25) is 0 Å². The molecule has 19 heavy (non-hydrogen) atoms. The van der Waals surface area contributed by atoms with Crippen LogP contribution in [-0.2, 0) is 9.59 Å². The van der Waals surface area contributed by atoms with Crippen LogP contribution in [-0.4, -0.2) is 42.4 Å². The zero-order chi connectivity index (χ0) is 14.5. The van der Waals surface area contributed by atoms with Gasteiger partial charge in [0.25, 0.3) is 0 Å². The van der Waals surface area contributed by atoms with Crippen molar-refractivity contribution < 1.29 is 9.59 Å². The normalized spacial score (nSPS) is 17.5. The second kappa shape index (κ2) is 6.89. The Labute approximate surface area is 115 Å². The molecule has 1 fully saturated rings. The van der Waals surface area contributed by atoms with Gasteiger partial charge in [-0.05, 0) is 33.6 Å². The molecule has 0 aliphatic heterocycles. The lowest BCUT2D eigenvalue weighted by atomic mass is 9.84. The molecule has 2 amide bonds. The van der Waals surface area contributed by atoms with E-state index in [1.54, 1.807) is 4.90 Å². The summed E-state index contributed by atoms with van der Waals surface area (Å²) in [5.41, 5.74) is 5.40. The average molecular weight is 269 g/mol. The Morgan fingerprint density at radius 2 is 1.89 bits per heavy atom. The first-order valence-corrected chi connectivity index (χ1v) is 7.24. The fourth-order valence-electron chi connectivity index (χ4n) is 2.76. The molecule has 0 atom stereocenters. The summed E-state index contributed by atoms with van der Waals surface area (Å²) in [4.78, 5) is 26.1. The summed E-state index contributed by atoms with van der Waals surface area (Å²) in [6, 6.07) is 0.0938. The molecule has 1 aliphatic rings. The largest absolute Gasteiger partial charge is 0.352 e. The van der Waals surface area contributed by atoms with Crippen LogP contribution in [0.3, 0.4) is 0 Å². The Morgan fingerprint density at radius 3 is 2.32 bits per heavy atom. The molecule has 0 bridgehead atoms. The van der Waals surface area contributed by atoms with E-state index in [0.717, 1.165) is 25.7 Å². The highest BCUT2D eigenvalue weighted by atomic mass is 16.2. The average Bonchev–Trinajstić information content (AvgIpc) is 2.84. The Morgan fingerprint density at radius 1 is 1.32 bits per heavy atom. The topological polar surface area (TPSA) is 75.4 Å². The monoisotopic (exact) mass is 269 g/mol. The Bertz CT molecular complexity index is 323. The summed E-state index contributed by atoms with van der Waals surface area (Å²) in [6.07, 6.45) is 3.81. The second-order valence-corrected chi connectivity index (χ2v) is 5.73. The van der Waals surface area contributed by atoms with Gasteiger partial charge in [-0.15, -0.1) is 0 Å². The summed E-state index contributed by atoms with van der Waals surface area (Å²) in [7, 11) is 0. The van der Waals surface area contributed by atoms with E-state index in [9.17, 15) is 9.59 Å². The molecule has 0 heterocycles. The Kier molecular flexibility index (Phi) is 5.79. The molecular formula is C14H27N3O2. The number of hydrogen-bond donors (Lipinski definition) is 2. The maximum Gasteiger partial charge on any atom is 0.239 e. The van der Waals surface area contributed by atoms with Gasteiger partial charge in [0.2, 0.25) is 11.8 Å². The number of nitrogens with zero attached hydrogens (tertiary/aromatic N) is 1. The van der Waals surface area contributed by atoms with Gasteiger partial charge in [-0.1, -0.05) is 12.8 Å². The van der Waals surface area contributed by atoms with Crippen molar-refractivity contribution in [3.05, 3.63) is 0 Å². The van der Waals surface area contributed by atoms with Crippen molar-refractivity contribution in [3.63, 3.8) is 0 Å².